The molecule has 5 nitrogen and oxygen atoms in total. The quantitative estimate of drug-likeness (QED) is 0.809. The van der Waals surface area contributed by atoms with E-state index >= 15 is 0 Å². The number of pyridine rings is 1. The molecule has 98 valence electrons. The first-order chi connectivity index (χ1) is 9.06. The smallest absolute Gasteiger partial charge is 0.230 e. The minimum atomic E-state index is -0.264. The summed E-state index contributed by atoms with van der Waals surface area (Å²) in [5, 5.41) is 12.2. The highest BCUT2D eigenvalue weighted by atomic mass is 79.9. The van der Waals surface area contributed by atoms with Gasteiger partial charge in [0.15, 0.2) is 0 Å². The molecule has 4 N–H and O–H groups in total. The van der Waals surface area contributed by atoms with Crippen LogP contribution in [0, 0.1) is 0 Å². The van der Waals surface area contributed by atoms with Crippen molar-refractivity contribution < 1.29 is 9.90 Å². The average Bonchev–Trinajstić information content (AvgIpc) is 2.36. The third-order valence-corrected chi connectivity index (χ3v) is 3.07. The fourth-order valence-electron chi connectivity index (χ4n) is 1.55. The van der Waals surface area contributed by atoms with Crippen molar-refractivity contribution in [1.29, 1.82) is 0 Å². The van der Waals surface area contributed by atoms with Crippen LogP contribution >= 0.6 is 15.9 Å². The lowest BCUT2D eigenvalue weighted by Gasteiger charge is -2.07. The predicted molar refractivity (Wildman–Crippen MR) is 76.8 cm³/mol. The van der Waals surface area contributed by atoms with Crippen molar-refractivity contribution in [2.24, 2.45) is 0 Å². The fourth-order valence-corrected chi connectivity index (χ4v) is 2.02. The maximum absolute atomic E-state index is 11.9. The van der Waals surface area contributed by atoms with Crippen molar-refractivity contribution in [1.82, 2.24) is 4.98 Å². The van der Waals surface area contributed by atoms with Gasteiger partial charge < -0.3 is 16.2 Å². The molecule has 0 saturated carbocycles. The summed E-state index contributed by atoms with van der Waals surface area (Å²) in [6.45, 7) is 0. The first-order valence-electron chi connectivity index (χ1n) is 5.54. The number of hydrogen-bond donors (Lipinski definition) is 3. The zero-order valence-corrected chi connectivity index (χ0v) is 11.5. The monoisotopic (exact) mass is 321 g/mol. The number of nitrogens with zero attached hydrogens (tertiary/aromatic N) is 1. The molecule has 1 aromatic carbocycles. The third kappa shape index (κ3) is 3.45. The topological polar surface area (TPSA) is 88.2 Å². The number of amides is 1. The van der Waals surface area contributed by atoms with Crippen LogP contribution in [0.2, 0.25) is 0 Å². The molecule has 1 amide bonds. The van der Waals surface area contributed by atoms with Crippen LogP contribution in [0.1, 0.15) is 5.56 Å². The van der Waals surface area contributed by atoms with Gasteiger partial charge in [0, 0.05) is 5.56 Å². The molecule has 1 aromatic heterocycles. The summed E-state index contributed by atoms with van der Waals surface area (Å²) in [5.74, 6) is 0.232. The number of hydrogen-bond acceptors (Lipinski definition) is 4. The number of carbonyl (C=O) groups excluding carboxylic acids is 1. The average molecular weight is 322 g/mol. The van der Waals surface area contributed by atoms with Crippen LogP contribution in [0.15, 0.2) is 41.0 Å². The summed E-state index contributed by atoms with van der Waals surface area (Å²) < 4.78 is 0.609. The Morgan fingerprint density at radius 1 is 1.42 bits per heavy atom. The summed E-state index contributed by atoms with van der Waals surface area (Å²) in [6.07, 6.45) is 1.53. The van der Waals surface area contributed by atoms with Gasteiger partial charge >= 0.3 is 0 Å². The summed E-state index contributed by atoms with van der Waals surface area (Å²) in [6, 6.07) is 8.36. The van der Waals surface area contributed by atoms with Crippen LogP contribution in [0.3, 0.4) is 0 Å². The van der Waals surface area contributed by atoms with Gasteiger partial charge in [-0.25, -0.2) is 4.98 Å². The Balaban J connectivity index is 2.08. The van der Waals surface area contributed by atoms with Gasteiger partial charge in [-0.3, -0.25) is 4.79 Å². The van der Waals surface area contributed by atoms with Crippen molar-refractivity contribution in [2.45, 2.75) is 6.42 Å². The summed E-state index contributed by atoms with van der Waals surface area (Å²) in [4.78, 5) is 15.9. The van der Waals surface area contributed by atoms with E-state index in [9.17, 15) is 9.90 Å². The zero-order valence-electron chi connectivity index (χ0n) is 9.93. The normalized spacial score (nSPS) is 10.2. The number of halogens is 1. The number of phenolic OH excluding ortho intramolecular Hbond substituents is 1. The van der Waals surface area contributed by atoms with Gasteiger partial charge in [0.25, 0.3) is 0 Å². The SMILES string of the molecule is Nc1cnc(NC(=O)Cc2ccccc2O)c(Br)c1. The van der Waals surface area contributed by atoms with Crippen LogP contribution in [0.25, 0.3) is 0 Å². The number of carbonyl (C=O) groups is 1. The molecule has 0 radical (unpaired) electrons. The molecule has 19 heavy (non-hydrogen) atoms. The molecule has 2 rings (SSSR count). The van der Waals surface area contributed by atoms with E-state index in [1.807, 2.05) is 0 Å². The number of phenols is 1. The number of anilines is 2. The molecular weight excluding hydrogens is 310 g/mol. The minimum absolute atomic E-state index is 0.0746. The van der Waals surface area contributed by atoms with E-state index in [0.717, 1.165) is 0 Å². The summed E-state index contributed by atoms with van der Waals surface area (Å²) in [7, 11) is 0. The van der Waals surface area contributed by atoms with Gasteiger partial charge in [0.1, 0.15) is 11.6 Å². The number of nitrogen functional groups attached to an aromatic ring is 1. The number of para-hydroxylation sites is 1. The second-order valence-corrected chi connectivity index (χ2v) is 4.81. The largest absolute Gasteiger partial charge is 0.508 e. The Hall–Kier alpha value is -2.08. The maximum Gasteiger partial charge on any atom is 0.230 e. The van der Waals surface area contributed by atoms with Gasteiger partial charge in [0.05, 0.1) is 22.8 Å². The highest BCUT2D eigenvalue weighted by Gasteiger charge is 2.10. The summed E-state index contributed by atoms with van der Waals surface area (Å²) >= 11 is 3.27. The number of nitrogens with two attached hydrogens (primary N) is 1. The molecule has 0 aliphatic rings. The van der Waals surface area contributed by atoms with Gasteiger partial charge in [-0.1, -0.05) is 18.2 Å². The van der Waals surface area contributed by atoms with Crippen molar-refractivity contribution in [3.8, 4) is 5.75 Å². The van der Waals surface area contributed by atoms with Crippen molar-refractivity contribution >= 4 is 33.3 Å². The van der Waals surface area contributed by atoms with E-state index in [4.69, 9.17) is 5.73 Å². The molecule has 0 atom stereocenters. The highest BCUT2D eigenvalue weighted by Crippen LogP contribution is 2.22. The van der Waals surface area contributed by atoms with E-state index < -0.39 is 0 Å². The highest BCUT2D eigenvalue weighted by molar-refractivity contribution is 9.10. The summed E-state index contributed by atoms with van der Waals surface area (Å²) in [5.41, 5.74) is 6.63. The second kappa shape index (κ2) is 5.71. The van der Waals surface area contributed by atoms with Crippen LogP contribution in [0.5, 0.6) is 5.75 Å². The number of benzene rings is 1. The molecule has 0 fully saturated rings. The molecule has 0 unspecified atom stereocenters. The Morgan fingerprint density at radius 2 is 2.16 bits per heavy atom. The molecule has 0 saturated heterocycles. The molecule has 0 aliphatic carbocycles. The first kappa shape index (κ1) is 13.4. The number of nitrogens with one attached hydrogen (secondary N) is 1. The standard InChI is InChI=1S/C13H12BrN3O2/c14-10-6-9(15)7-16-13(10)17-12(19)5-8-3-1-2-4-11(8)18/h1-4,6-7,18H,5,15H2,(H,16,17,19). The van der Waals surface area contributed by atoms with Gasteiger partial charge in [-0.05, 0) is 28.1 Å². The molecule has 0 spiro atoms. The van der Waals surface area contributed by atoms with Crippen LogP contribution in [-0.4, -0.2) is 16.0 Å². The lowest BCUT2D eigenvalue weighted by atomic mass is 10.1. The van der Waals surface area contributed by atoms with Gasteiger partial charge in [-0.15, -0.1) is 0 Å². The predicted octanol–water partition coefficient (Wildman–Crippen LogP) is 2.31. The van der Waals surface area contributed by atoms with Crippen LogP contribution in [0.4, 0.5) is 11.5 Å². The molecule has 0 aliphatic heterocycles. The van der Waals surface area contributed by atoms with Crippen LogP contribution in [-0.2, 0) is 11.2 Å². The Morgan fingerprint density at radius 3 is 2.84 bits per heavy atom. The fraction of sp³-hybridized carbons (Fsp3) is 0.0769. The van der Waals surface area contributed by atoms with Crippen LogP contribution < -0.4 is 11.1 Å². The number of rotatable bonds is 3. The lowest BCUT2D eigenvalue weighted by Crippen LogP contribution is -2.15. The van der Waals surface area contributed by atoms with Crippen molar-refractivity contribution in [2.75, 3.05) is 11.1 Å². The Bertz CT molecular complexity index is 617. The minimum Gasteiger partial charge on any atom is -0.508 e. The van der Waals surface area contributed by atoms with Gasteiger partial charge in [0.2, 0.25) is 5.91 Å². The van der Waals surface area contributed by atoms with Crippen molar-refractivity contribution in [3.63, 3.8) is 0 Å². The van der Waals surface area contributed by atoms with E-state index in [2.05, 4.69) is 26.2 Å². The molecule has 6 heteroatoms. The van der Waals surface area contributed by atoms with Crippen molar-refractivity contribution in [3.05, 3.63) is 46.6 Å². The molecule has 1 heterocycles. The van der Waals surface area contributed by atoms with E-state index in [0.29, 0.717) is 21.5 Å². The lowest BCUT2D eigenvalue weighted by molar-refractivity contribution is -0.115. The maximum atomic E-state index is 11.9. The Kier molecular flexibility index (Phi) is 4.01. The number of aromatic nitrogens is 1. The van der Waals surface area contributed by atoms with E-state index in [1.165, 1.54) is 6.20 Å². The van der Waals surface area contributed by atoms with Gasteiger partial charge in [-0.2, -0.15) is 0 Å². The molecule has 0 bridgehead atoms. The third-order valence-electron chi connectivity index (χ3n) is 2.46. The second-order valence-electron chi connectivity index (χ2n) is 3.95. The number of aromatic hydroxyl groups is 1. The van der Waals surface area contributed by atoms with E-state index in [1.54, 1.807) is 30.3 Å². The molecule has 2 aromatic rings. The zero-order chi connectivity index (χ0) is 13.8. The van der Waals surface area contributed by atoms with E-state index in [-0.39, 0.29) is 18.1 Å². The molecular formula is C13H12BrN3O2. The Labute approximate surface area is 118 Å². The first-order valence-corrected chi connectivity index (χ1v) is 6.33.